The van der Waals surface area contributed by atoms with Gasteiger partial charge >= 0.3 is 0 Å². The number of hydrogen-bond acceptors (Lipinski definition) is 4. The SMILES string of the molecule is NCC1(c2ccc3c(c2)NS(=O)(=O)CO3)CCC1. The van der Waals surface area contributed by atoms with Crippen LogP contribution in [0.2, 0.25) is 0 Å². The molecular weight excluding hydrogens is 252 g/mol. The van der Waals surface area contributed by atoms with Crippen molar-refractivity contribution in [3.63, 3.8) is 0 Å². The molecule has 0 saturated heterocycles. The van der Waals surface area contributed by atoms with Crippen molar-refractivity contribution >= 4 is 15.7 Å². The molecule has 0 radical (unpaired) electrons. The van der Waals surface area contributed by atoms with E-state index in [1.165, 1.54) is 6.42 Å². The van der Waals surface area contributed by atoms with Crippen molar-refractivity contribution in [2.45, 2.75) is 24.7 Å². The second-order valence-corrected chi connectivity index (χ2v) is 6.70. The zero-order valence-electron chi connectivity index (χ0n) is 9.98. The van der Waals surface area contributed by atoms with Gasteiger partial charge in [-0.2, -0.15) is 0 Å². The molecule has 1 fully saturated rings. The minimum atomic E-state index is -3.36. The molecule has 0 amide bonds. The molecule has 0 unspecified atom stereocenters. The fourth-order valence-corrected chi connectivity index (χ4v) is 3.45. The summed E-state index contributed by atoms with van der Waals surface area (Å²) in [6, 6.07) is 5.67. The lowest BCUT2D eigenvalue weighted by atomic mass is 9.64. The summed E-state index contributed by atoms with van der Waals surface area (Å²) in [5.41, 5.74) is 7.51. The van der Waals surface area contributed by atoms with Crippen molar-refractivity contribution in [3.8, 4) is 5.75 Å². The Kier molecular flexibility index (Phi) is 2.53. The average molecular weight is 268 g/mol. The summed E-state index contributed by atoms with van der Waals surface area (Å²) in [4.78, 5) is 0. The Morgan fingerprint density at radius 3 is 2.78 bits per heavy atom. The predicted molar refractivity (Wildman–Crippen MR) is 69.1 cm³/mol. The standard InChI is InChI=1S/C12H16N2O3S/c13-7-12(4-1-5-12)9-2-3-11-10(6-9)14-18(15,16)8-17-11/h2-3,6,14H,1,4-5,7-8,13H2. The van der Waals surface area contributed by atoms with Crippen LogP contribution in [0.4, 0.5) is 5.69 Å². The van der Waals surface area contributed by atoms with Crippen LogP contribution in [0, 0.1) is 0 Å². The highest BCUT2D eigenvalue weighted by atomic mass is 32.2. The first-order valence-corrected chi connectivity index (χ1v) is 7.68. The summed E-state index contributed by atoms with van der Waals surface area (Å²) in [5.74, 6) is 0.265. The first-order valence-electron chi connectivity index (χ1n) is 6.03. The van der Waals surface area contributed by atoms with E-state index in [1.54, 1.807) is 0 Å². The number of nitrogens with one attached hydrogen (secondary N) is 1. The van der Waals surface area contributed by atoms with E-state index in [1.807, 2.05) is 18.2 Å². The molecular formula is C12H16N2O3S. The van der Waals surface area contributed by atoms with E-state index < -0.39 is 10.0 Å². The maximum absolute atomic E-state index is 11.5. The van der Waals surface area contributed by atoms with Crippen LogP contribution >= 0.6 is 0 Å². The Bertz CT molecular complexity index is 573. The normalized spacial score (nSPS) is 23.2. The Morgan fingerprint density at radius 2 is 2.17 bits per heavy atom. The highest BCUT2D eigenvalue weighted by Crippen LogP contribution is 2.45. The zero-order valence-corrected chi connectivity index (χ0v) is 10.8. The molecule has 6 heteroatoms. The smallest absolute Gasteiger partial charge is 0.268 e. The molecule has 98 valence electrons. The van der Waals surface area contributed by atoms with Gasteiger partial charge in [-0.05, 0) is 30.5 Å². The second kappa shape index (κ2) is 3.86. The van der Waals surface area contributed by atoms with Crippen molar-refractivity contribution in [3.05, 3.63) is 23.8 Å². The quantitative estimate of drug-likeness (QED) is 0.843. The van der Waals surface area contributed by atoms with Gasteiger partial charge in [0.25, 0.3) is 10.0 Å². The van der Waals surface area contributed by atoms with E-state index in [4.69, 9.17) is 10.5 Å². The van der Waals surface area contributed by atoms with Crippen LogP contribution in [-0.2, 0) is 15.4 Å². The molecule has 18 heavy (non-hydrogen) atoms. The molecule has 2 aliphatic rings. The van der Waals surface area contributed by atoms with Crippen LogP contribution in [0.15, 0.2) is 18.2 Å². The lowest BCUT2D eigenvalue weighted by Gasteiger charge is -2.42. The van der Waals surface area contributed by atoms with Crippen LogP contribution in [0.3, 0.4) is 0 Å². The van der Waals surface area contributed by atoms with Gasteiger partial charge in [0, 0.05) is 12.0 Å². The first-order chi connectivity index (χ1) is 8.55. The van der Waals surface area contributed by atoms with E-state index >= 15 is 0 Å². The highest BCUT2D eigenvalue weighted by molar-refractivity contribution is 7.92. The topological polar surface area (TPSA) is 81.4 Å². The van der Waals surface area contributed by atoms with Crippen molar-refractivity contribution in [2.24, 2.45) is 5.73 Å². The Hall–Kier alpha value is -1.27. The Labute approximate surface area is 106 Å². The second-order valence-electron chi connectivity index (χ2n) is 5.03. The number of sulfonamides is 1. The van der Waals surface area contributed by atoms with Crippen molar-refractivity contribution in [1.82, 2.24) is 0 Å². The summed E-state index contributed by atoms with van der Waals surface area (Å²) in [6.45, 7) is 0.597. The molecule has 1 aromatic carbocycles. The minimum Gasteiger partial charge on any atom is -0.474 e. The van der Waals surface area contributed by atoms with Gasteiger partial charge in [0.1, 0.15) is 5.75 Å². The maximum Gasteiger partial charge on any atom is 0.268 e. The number of benzene rings is 1. The van der Waals surface area contributed by atoms with E-state index in [9.17, 15) is 8.42 Å². The lowest BCUT2D eigenvalue weighted by molar-refractivity contribution is 0.253. The van der Waals surface area contributed by atoms with Crippen LogP contribution in [0.25, 0.3) is 0 Å². The Morgan fingerprint density at radius 1 is 1.39 bits per heavy atom. The van der Waals surface area contributed by atoms with E-state index in [-0.39, 0.29) is 11.4 Å². The molecule has 0 spiro atoms. The van der Waals surface area contributed by atoms with Gasteiger partial charge in [0.2, 0.25) is 5.94 Å². The van der Waals surface area contributed by atoms with Crippen LogP contribution in [-0.4, -0.2) is 20.9 Å². The zero-order chi connectivity index (χ0) is 12.8. The van der Waals surface area contributed by atoms with Crippen molar-refractivity contribution in [2.75, 3.05) is 17.2 Å². The van der Waals surface area contributed by atoms with Crippen molar-refractivity contribution < 1.29 is 13.2 Å². The van der Waals surface area contributed by atoms with Crippen LogP contribution < -0.4 is 15.2 Å². The third-order valence-electron chi connectivity index (χ3n) is 3.93. The molecule has 5 nitrogen and oxygen atoms in total. The summed E-state index contributed by atoms with van der Waals surface area (Å²) in [6.07, 6.45) is 3.31. The first kappa shape index (κ1) is 11.8. The summed E-state index contributed by atoms with van der Waals surface area (Å²) in [5, 5.41) is 0. The van der Waals surface area contributed by atoms with Crippen molar-refractivity contribution in [1.29, 1.82) is 0 Å². The fraction of sp³-hybridized carbons (Fsp3) is 0.500. The molecule has 1 saturated carbocycles. The molecule has 1 aliphatic carbocycles. The predicted octanol–water partition coefficient (Wildman–Crippen LogP) is 1.16. The third-order valence-corrected chi connectivity index (χ3v) is 4.89. The van der Waals surface area contributed by atoms with Gasteiger partial charge in [-0.25, -0.2) is 8.42 Å². The van der Waals surface area contributed by atoms with Gasteiger partial charge in [-0.1, -0.05) is 12.5 Å². The molecule has 0 atom stereocenters. The molecule has 1 heterocycles. The number of nitrogens with two attached hydrogens (primary N) is 1. The molecule has 1 aromatic rings. The summed E-state index contributed by atoms with van der Waals surface area (Å²) < 4.78 is 30.7. The molecule has 3 N–H and O–H groups in total. The van der Waals surface area contributed by atoms with E-state index in [0.29, 0.717) is 18.0 Å². The Balaban J connectivity index is 2.00. The van der Waals surface area contributed by atoms with Crippen LogP contribution in [0.1, 0.15) is 24.8 Å². The average Bonchev–Trinajstić information content (AvgIpc) is 2.26. The van der Waals surface area contributed by atoms with Crippen LogP contribution in [0.5, 0.6) is 5.75 Å². The molecule has 0 bridgehead atoms. The monoisotopic (exact) mass is 268 g/mol. The fourth-order valence-electron chi connectivity index (χ4n) is 2.62. The van der Waals surface area contributed by atoms with Gasteiger partial charge in [0.15, 0.2) is 0 Å². The number of ether oxygens (including phenoxy) is 1. The minimum absolute atomic E-state index is 0.0257. The van der Waals surface area contributed by atoms with Gasteiger partial charge in [-0.15, -0.1) is 0 Å². The van der Waals surface area contributed by atoms with Gasteiger partial charge < -0.3 is 10.5 Å². The number of anilines is 1. The summed E-state index contributed by atoms with van der Waals surface area (Å²) >= 11 is 0. The van der Waals surface area contributed by atoms with E-state index in [0.717, 1.165) is 18.4 Å². The van der Waals surface area contributed by atoms with Gasteiger partial charge in [-0.3, -0.25) is 4.72 Å². The largest absolute Gasteiger partial charge is 0.474 e. The van der Waals surface area contributed by atoms with E-state index in [2.05, 4.69) is 4.72 Å². The number of hydrogen-bond donors (Lipinski definition) is 2. The maximum atomic E-state index is 11.5. The highest BCUT2D eigenvalue weighted by Gasteiger charge is 2.38. The number of rotatable bonds is 2. The lowest BCUT2D eigenvalue weighted by Crippen LogP contribution is -2.41. The number of fused-ring (bicyclic) bond motifs is 1. The molecule has 0 aromatic heterocycles. The summed E-state index contributed by atoms with van der Waals surface area (Å²) in [7, 11) is -3.36. The third kappa shape index (κ3) is 1.76. The molecule has 3 rings (SSSR count). The van der Waals surface area contributed by atoms with Gasteiger partial charge in [0.05, 0.1) is 5.69 Å². The molecule has 1 aliphatic heterocycles.